The van der Waals surface area contributed by atoms with Crippen LogP contribution in [0.15, 0.2) is 53.2 Å². The van der Waals surface area contributed by atoms with Crippen molar-refractivity contribution in [3.8, 4) is 11.5 Å². The molecule has 2 aromatic carbocycles. The molecule has 0 saturated heterocycles. The molecule has 0 N–H and O–H groups in total. The Morgan fingerprint density at radius 1 is 1.08 bits per heavy atom. The van der Waals surface area contributed by atoms with Crippen molar-refractivity contribution in [2.45, 2.75) is 26.9 Å². The van der Waals surface area contributed by atoms with Gasteiger partial charge in [-0.25, -0.2) is 9.79 Å². The molecule has 134 valence electrons. The SMILES string of the molecule is COc1cc(/C=C2/N=C(c3ccc(C)cc3)OC2=O)ccc1OC(C)C. The minimum Gasteiger partial charge on any atom is -0.493 e. The standard InChI is InChI=1S/C21H21NO4/c1-13(2)25-18-10-7-15(12-19(18)24-4)11-17-21(23)26-20(22-17)16-8-5-14(3)6-9-16/h5-13H,1-4H3/b17-11+. The van der Waals surface area contributed by atoms with Crippen molar-refractivity contribution in [3.63, 3.8) is 0 Å². The quantitative estimate of drug-likeness (QED) is 0.600. The molecule has 0 spiro atoms. The summed E-state index contributed by atoms with van der Waals surface area (Å²) in [6, 6.07) is 13.1. The third-order valence-corrected chi connectivity index (χ3v) is 3.77. The zero-order valence-corrected chi connectivity index (χ0v) is 15.3. The number of hydrogen-bond donors (Lipinski definition) is 0. The van der Waals surface area contributed by atoms with Crippen molar-refractivity contribution >= 4 is 17.9 Å². The lowest BCUT2D eigenvalue weighted by Crippen LogP contribution is -2.06. The fourth-order valence-corrected chi connectivity index (χ4v) is 2.51. The molecule has 5 heteroatoms. The van der Waals surface area contributed by atoms with Gasteiger partial charge in [0, 0.05) is 5.56 Å². The number of esters is 1. The molecule has 0 fully saturated rings. The first-order valence-corrected chi connectivity index (χ1v) is 8.40. The van der Waals surface area contributed by atoms with E-state index in [0.29, 0.717) is 17.4 Å². The Morgan fingerprint density at radius 2 is 1.81 bits per heavy atom. The highest BCUT2D eigenvalue weighted by Crippen LogP contribution is 2.30. The van der Waals surface area contributed by atoms with Crippen LogP contribution in [0.25, 0.3) is 6.08 Å². The lowest BCUT2D eigenvalue weighted by atomic mass is 10.1. The first-order chi connectivity index (χ1) is 12.5. The molecule has 5 nitrogen and oxygen atoms in total. The number of aryl methyl sites for hydroxylation is 1. The van der Waals surface area contributed by atoms with Crippen LogP contribution in [0.5, 0.6) is 11.5 Å². The van der Waals surface area contributed by atoms with Crippen molar-refractivity contribution in [2.75, 3.05) is 7.11 Å². The summed E-state index contributed by atoms with van der Waals surface area (Å²) >= 11 is 0. The summed E-state index contributed by atoms with van der Waals surface area (Å²) in [6.45, 7) is 5.90. The normalized spacial score (nSPS) is 15.2. The number of benzene rings is 2. The Kier molecular flexibility index (Phi) is 5.07. The predicted molar refractivity (Wildman–Crippen MR) is 101 cm³/mol. The summed E-state index contributed by atoms with van der Waals surface area (Å²) < 4.78 is 16.4. The summed E-state index contributed by atoms with van der Waals surface area (Å²) in [5.74, 6) is 1.10. The van der Waals surface area contributed by atoms with Gasteiger partial charge in [-0.3, -0.25) is 0 Å². The van der Waals surface area contributed by atoms with Crippen LogP contribution >= 0.6 is 0 Å². The van der Waals surface area contributed by atoms with Crippen LogP contribution in [-0.4, -0.2) is 25.1 Å². The summed E-state index contributed by atoms with van der Waals surface area (Å²) in [4.78, 5) is 16.5. The van der Waals surface area contributed by atoms with Gasteiger partial charge >= 0.3 is 5.97 Å². The average Bonchev–Trinajstić information content (AvgIpc) is 2.97. The summed E-state index contributed by atoms with van der Waals surface area (Å²) in [7, 11) is 1.58. The highest BCUT2D eigenvalue weighted by Gasteiger charge is 2.24. The van der Waals surface area contributed by atoms with Gasteiger partial charge in [0.2, 0.25) is 5.90 Å². The molecule has 0 aromatic heterocycles. The van der Waals surface area contributed by atoms with Crippen LogP contribution in [0.1, 0.15) is 30.5 Å². The smallest absolute Gasteiger partial charge is 0.363 e. The molecule has 1 aliphatic heterocycles. The number of methoxy groups -OCH3 is 1. The predicted octanol–water partition coefficient (Wildman–Crippen LogP) is 4.14. The largest absolute Gasteiger partial charge is 0.493 e. The number of carbonyl (C=O) groups excluding carboxylic acids is 1. The van der Waals surface area contributed by atoms with E-state index in [4.69, 9.17) is 14.2 Å². The zero-order chi connectivity index (χ0) is 18.7. The Bertz CT molecular complexity index is 879. The van der Waals surface area contributed by atoms with E-state index in [1.165, 1.54) is 0 Å². The Morgan fingerprint density at radius 3 is 2.46 bits per heavy atom. The maximum Gasteiger partial charge on any atom is 0.363 e. The van der Waals surface area contributed by atoms with E-state index in [1.807, 2.05) is 57.2 Å². The molecule has 3 rings (SSSR count). The van der Waals surface area contributed by atoms with E-state index in [0.717, 1.165) is 16.7 Å². The van der Waals surface area contributed by atoms with Gasteiger partial charge in [-0.1, -0.05) is 23.8 Å². The number of aliphatic imine (C=N–C) groups is 1. The van der Waals surface area contributed by atoms with Crippen molar-refractivity contribution in [1.29, 1.82) is 0 Å². The van der Waals surface area contributed by atoms with Crippen LogP contribution in [0.4, 0.5) is 0 Å². The number of ether oxygens (including phenoxy) is 3. The first kappa shape index (κ1) is 17.7. The molecule has 1 heterocycles. The van der Waals surface area contributed by atoms with Gasteiger partial charge in [0.05, 0.1) is 13.2 Å². The van der Waals surface area contributed by atoms with Gasteiger partial charge in [0.15, 0.2) is 17.2 Å². The molecular weight excluding hydrogens is 330 g/mol. The molecule has 0 atom stereocenters. The van der Waals surface area contributed by atoms with E-state index in [-0.39, 0.29) is 11.8 Å². The highest BCUT2D eigenvalue weighted by molar-refractivity contribution is 6.12. The average molecular weight is 351 g/mol. The summed E-state index contributed by atoms with van der Waals surface area (Å²) in [6.07, 6.45) is 1.71. The van der Waals surface area contributed by atoms with E-state index in [9.17, 15) is 4.79 Å². The zero-order valence-electron chi connectivity index (χ0n) is 15.3. The van der Waals surface area contributed by atoms with E-state index in [2.05, 4.69) is 4.99 Å². The second-order valence-electron chi connectivity index (χ2n) is 6.28. The van der Waals surface area contributed by atoms with Gasteiger partial charge in [-0.2, -0.15) is 0 Å². The lowest BCUT2D eigenvalue weighted by molar-refractivity contribution is -0.129. The number of hydrogen-bond acceptors (Lipinski definition) is 5. The molecule has 1 aliphatic rings. The lowest BCUT2D eigenvalue weighted by Gasteiger charge is -2.13. The highest BCUT2D eigenvalue weighted by atomic mass is 16.6. The Labute approximate surface area is 152 Å². The molecule has 0 radical (unpaired) electrons. The maximum absolute atomic E-state index is 12.1. The molecule has 0 saturated carbocycles. The number of cyclic esters (lactones) is 1. The Balaban J connectivity index is 1.89. The fourth-order valence-electron chi connectivity index (χ4n) is 2.51. The maximum atomic E-state index is 12.1. The van der Waals surface area contributed by atoms with Crippen molar-refractivity contribution in [1.82, 2.24) is 0 Å². The monoisotopic (exact) mass is 351 g/mol. The molecule has 0 bridgehead atoms. The van der Waals surface area contributed by atoms with Crippen LogP contribution in [0, 0.1) is 6.92 Å². The summed E-state index contributed by atoms with van der Waals surface area (Å²) in [5, 5.41) is 0. The van der Waals surface area contributed by atoms with E-state index < -0.39 is 5.97 Å². The van der Waals surface area contributed by atoms with Gasteiger partial charge in [-0.05, 0) is 56.7 Å². The van der Waals surface area contributed by atoms with Gasteiger partial charge in [-0.15, -0.1) is 0 Å². The Hall–Kier alpha value is -3.08. The summed E-state index contributed by atoms with van der Waals surface area (Å²) in [5.41, 5.74) is 2.93. The minimum atomic E-state index is -0.470. The molecule has 0 amide bonds. The van der Waals surface area contributed by atoms with Gasteiger partial charge in [0.25, 0.3) is 0 Å². The third kappa shape index (κ3) is 3.94. The van der Waals surface area contributed by atoms with E-state index >= 15 is 0 Å². The van der Waals surface area contributed by atoms with Crippen molar-refractivity contribution in [2.24, 2.45) is 4.99 Å². The molecule has 26 heavy (non-hydrogen) atoms. The van der Waals surface area contributed by atoms with Crippen molar-refractivity contribution in [3.05, 3.63) is 64.9 Å². The second-order valence-corrected chi connectivity index (χ2v) is 6.28. The first-order valence-electron chi connectivity index (χ1n) is 8.40. The van der Waals surface area contributed by atoms with Crippen LogP contribution in [0.2, 0.25) is 0 Å². The van der Waals surface area contributed by atoms with Gasteiger partial charge < -0.3 is 14.2 Å². The number of carbonyl (C=O) groups is 1. The van der Waals surface area contributed by atoms with Crippen LogP contribution < -0.4 is 9.47 Å². The second kappa shape index (κ2) is 7.44. The molecule has 0 aliphatic carbocycles. The van der Waals surface area contributed by atoms with Crippen molar-refractivity contribution < 1.29 is 19.0 Å². The molecule has 0 unspecified atom stereocenters. The minimum absolute atomic E-state index is 0.0413. The van der Waals surface area contributed by atoms with Crippen LogP contribution in [0.3, 0.4) is 0 Å². The third-order valence-electron chi connectivity index (χ3n) is 3.77. The van der Waals surface area contributed by atoms with E-state index in [1.54, 1.807) is 19.3 Å². The number of rotatable bonds is 5. The number of nitrogens with zero attached hydrogens (tertiary/aromatic N) is 1. The molecular formula is C21H21NO4. The fraction of sp³-hybridized carbons (Fsp3) is 0.238. The van der Waals surface area contributed by atoms with Gasteiger partial charge in [0.1, 0.15) is 0 Å². The topological polar surface area (TPSA) is 57.1 Å². The molecule has 2 aromatic rings. The van der Waals surface area contributed by atoms with Crippen LogP contribution in [-0.2, 0) is 9.53 Å².